The number of pyridine rings is 1. The van der Waals surface area contributed by atoms with Crippen molar-refractivity contribution in [1.82, 2.24) is 20.0 Å². The number of piperazine rings is 1. The van der Waals surface area contributed by atoms with Gasteiger partial charge in [0.05, 0.1) is 5.02 Å². The van der Waals surface area contributed by atoms with E-state index >= 15 is 0 Å². The molecule has 0 saturated carbocycles. The second-order valence-corrected chi connectivity index (χ2v) is 5.34. The summed E-state index contributed by atoms with van der Waals surface area (Å²) in [6.45, 7) is 4.31. The number of hydrogen-bond donors (Lipinski definition) is 0. The lowest BCUT2D eigenvalue weighted by molar-refractivity contribution is 0.177. The van der Waals surface area contributed by atoms with E-state index in [4.69, 9.17) is 16.1 Å². The van der Waals surface area contributed by atoms with Crippen LogP contribution < -0.4 is 4.90 Å². The van der Waals surface area contributed by atoms with Crippen molar-refractivity contribution in [2.45, 2.75) is 13.0 Å². The first-order chi connectivity index (χ1) is 9.65. The molecule has 0 N–H and O–H groups in total. The average Bonchev–Trinajstić information content (AvgIpc) is 2.87. The number of hydrogen-bond acceptors (Lipinski definition) is 6. The summed E-state index contributed by atoms with van der Waals surface area (Å²) in [4.78, 5) is 13.1. The lowest BCUT2D eigenvalue weighted by atomic mass is 10.1. The van der Waals surface area contributed by atoms with Crippen LogP contribution >= 0.6 is 11.6 Å². The predicted octanol–water partition coefficient (Wildman–Crippen LogP) is 1.92. The van der Waals surface area contributed by atoms with Gasteiger partial charge in [0.1, 0.15) is 11.9 Å². The monoisotopic (exact) mass is 293 g/mol. The number of nitrogens with zero attached hydrogens (tertiary/aromatic N) is 5. The Kier molecular flexibility index (Phi) is 3.58. The third-order valence-corrected chi connectivity index (χ3v) is 3.81. The van der Waals surface area contributed by atoms with E-state index in [9.17, 15) is 0 Å². The van der Waals surface area contributed by atoms with Gasteiger partial charge in [0.15, 0.2) is 5.82 Å². The molecule has 0 amide bonds. The maximum Gasteiger partial charge on any atom is 0.245 e. The van der Waals surface area contributed by atoms with Crippen molar-refractivity contribution in [2.24, 2.45) is 0 Å². The van der Waals surface area contributed by atoms with E-state index in [-0.39, 0.29) is 6.04 Å². The van der Waals surface area contributed by atoms with E-state index in [0.717, 1.165) is 25.5 Å². The van der Waals surface area contributed by atoms with Gasteiger partial charge in [-0.2, -0.15) is 4.98 Å². The minimum absolute atomic E-state index is 0.0584. The van der Waals surface area contributed by atoms with Crippen LogP contribution in [0, 0.1) is 6.92 Å². The second-order valence-electron chi connectivity index (χ2n) is 4.93. The first kappa shape index (κ1) is 13.3. The Morgan fingerprint density at radius 2 is 2.25 bits per heavy atom. The van der Waals surface area contributed by atoms with Crippen LogP contribution in [0.3, 0.4) is 0 Å². The van der Waals surface area contributed by atoms with Gasteiger partial charge in [-0.05, 0) is 26.1 Å². The first-order valence-corrected chi connectivity index (χ1v) is 6.89. The molecule has 0 bridgehead atoms. The number of likely N-dealkylation sites (N-methyl/N-ethyl adjacent to an activating group) is 1. The Hall–Kier alpha value is -1.66. The second kappa shape index (κ2) is 5.38. The summed E-state index contributed by atoms with van der Waals surface area (Å²) in [6.07, 6.45) is 1.76. The molecule has 106 valence electrons. The van der Waals surface area contributed by atoms with E-state index in [1.165, 1.54) is 0 Å². The van der Waals surface area contributed by atoms with Gasteiger partial charge >= 0.3 is 0 Å². The third-order valence-electron chi connectivity index (χ3n) is 3.51. The lowest BCUT2D eigenvalue weighted by Crippen LogP contribution is -2.47. The lowest BCUT2D eigenvalue weighted by Gasteiger charge is -2.38. The van der Waals surface area contributed by atoms with Crippen molar-refractivity contribution in [1.29, 1.82) is 0 Å². The Bertz CT molecular complexity index is 602. The molecule has 0 unspecified atom stereocenters. The van der Waals surface area contributed by atoms with Crippen molar-refractivity contribution in [3.63, 3.8) is 0 Å². The van der Waals surface area contributed by atoms with Gasteiger partial charge < -0.3 is 9.42 Å². The summed E-state index contributed by atoms with van der Waals surface area (Å²) in [5.41, 5.74) is 0. The fraction of sp³-hybridized carbons (Fsp3) is 0.462. The number of rotatable bonds is 2. The molecule has 0 aromatic carbocycles. The highest BCUT2D eigenvalue weighted by Gasteiger charge is 2.31. The number of anilines is 1. The topological polar surface area (TPSA) is 58.3 Å². The highest BCUT2D eigenvalue weighted by Crippen LogP contribution is 2.29. The van der Waals surface area contributed by atoms with Crippen LogP contribution in [0.4, 0.5) is 5.82 Å². The fourth-order valence-corrected chi connectivity index (χ4v) is 2.63. The quantitative estimate of drug-likeness (QED) is 0.843. The summed E-state index contributed by atoms with van der Waals surface area (Å²) < 4.78 is 5.31. The van der Waals surface area contributed by atoms with Crippen molar-refractivity contribution < 1.29 is 4.52 Å². The average molecular weight is 294 g/mol. The van der Waals surface area contributed by atoms with Crippen LogP contribution in [0.2, 0.25) is 5.02 Å². The Morgan fingerprint density at radius 1 is 1.40 bits per heavy atom. The summed E-state index contributed by atoms with van der Waals surface area (Å²) in [6, 6.07) is 3.75. The summed E-state index contributed by atoms with van der Waals surface area (Å²) in [5.74, 6) is 2.10. The van der Waals surface area contributed by atoms with Crippen LogP contribution in [-0.2, 0) is 0 Å². The molecule has 1 aliphatic heterocycles. The zero-order chi connectivity index (χ0) is 14.1. The molecule has 3 rings (SSSR count). The number of halogens is 1. The zero-order valence-corrected chi connectivity index (χ0v) is 12.2. The molecule has 3 heterocycles. The summed E-state index contributed by atoms with van der Waals surface area (Å²) >= 11 is 6.22. The van der Waals surface area contributed by atoms with Gasteiger partial charge in [-0.1, -0.05) is 16.8 Å². The molecule has 1 fully saturated rings. The largest absolute Gasteiger partial charge is 0.352 e. The molecular formula is C13H16ClN5O. The highest BCUT2D eigenvalue weighted by atomic mass is 35.5. The van der Waals surface area contributed by atoms with Crippen LogP contribution in [0.5, 0.6) is 0 Å². The first-order valence-electron chi connectivity index (χ1n) is 6.51. The third kappa shape index (κ3) is 2.48. The van der Waals surface area contributed by atoms with Crippen LogP contribution in [0.15, 0.2) is 22.9 Å². The van der Waals surface area contributed by atoms with Gasteiger partial charge in [-0.3, -0.25) is 4.90 Å². The summed E-state index contributed by atoms with van der Waals surface area (Å²) in [7, 11) is 2.06. The number of aromatic nitrogens is 3. The van der Waals surface area contributed by atoms with Crippen molar-refractivity contribution in [3.05, 3.63) is 35.1 Å². The van der Waals surface area contributed by atoms with Crippen molar-refractivity contribution in [2.75, 3.05) is 31.6 Å². The van der Waals surface area contributed by atoms with E-state index in [1.807, 2.05) is 19.1 Å². The molecule has 6 nitrogen and oxygen atoms in total. The van der Waals surface area contributed by atoms with Crippen molar-refractivity contribution >= 4 is 17.4 Å². The summed E-state index contributed by atoms with van der Waals surface area (Å²) in [5, 5.41) is 4.53. The maximum atomic E-state index is 6.22. The molecule has 20 heavy (non-hydrogen) atoms. The standard InChI is InChI=1S/C13H16ClN5O/c1-9-16-13(20-17-9)11-8-19(7-6-18(11)2)12-10(14)4-3-5-15-12/h3-5,11H,6-8H2,1-2H3/t11-/m0/s1. The van der Waals surface area contributed by atoms with Gasteiger partial charge in [0.25, 0.3) is 0 Å². The molecule has 0 aliphatic carbocycles. The Balaban J connectivity index is 1.85. The Morgan fingerprint density at radius 3 is 2.95 bits per heavy atom. The van der Waals surface area contributed by atoms with Crippen LogP contribution in [0.1, 0.15) is 17.8 Å². The maximum absolute atomic E-state index is 6.22. The Labute approximate surface area is 122 Å². The molecule has 2 aromatic rings. The molecule has 1 saturated heterocycles. The SMILES string of the molecule is Cc1noc([C@@H]2CN(c3ncccc3Cl)CCN2C)n1. The van der Waals surface area contributed by atoms with E-state index < -0.39 is 0 Å². The molecule has 7 heteroatoms. The van der Waals surface area contributed by atoms with Crippen LogP contribution in [0.25, 0.3) is 0 Å². The van der Waals surface area contributed by atoms with E-state index in [1.54, 1.807) is 6.20 Å². The van der Waals surface area contributed by atoms with Gasteiger partial charge in [0, 0.05) is 25.8 Å². The van der Waals surface area contributed by atoms with Crippen molar-refractivity contribution in [3.8, 4) is 0 Å². The minimum atomic E-state index is 0.0584. The molecule has 1 atom stereocenters. The minimum Gasteiger partial charge on any atom is -0.352 e. The van der Waals surface area contributed by atoms with Crippen LogP contribution in [-0.4, -0.2) is 46.7 Å². The zero-order valence-electron chi connectivity index (χ0n) is 11.5. The number of aryl methyl sites for hydroxylation is 1. The highest BCUT2D eigenvalue weighted by molar-refractivity contribution is 6.32. The fourth-order valence-electron chi connectivity index (χ4n) is 2.39. The molecule has 0 radical (unpaired) electrons. The van der Waals surface area contributed by atoms with Gasteiger partial charge in [0.2, 0.25) is 5.89 Å². The molecule has 1 aliphatic rings. The normalized spacial score (nSPS) is 20.4. The predicted molar refractivity (Wildman–Crippen MR) is 75.9 cm³/mol. The smallest absolute Gasteiger partial charge is 0.245 e. The van der Waals surface area contributed by atoms with Gasteiger partial charge in [-0.25, -0.2) is 4.98 Å². The van der Waals surface area contributed by atoms with Gasteiger partial charge in [-0.15, -0.1) is 0 Å². The molecular weight excluding hydrogens is 278 g/mol. The molecule has 0 spiro atoms. The van der Waals surface area contributed by atoms with E-state index in [2.05, 4.69) is 32.0 Å². The molecule has 2 aromatic heterocycles. The van der Waals surface area contributed by atoms with E-state index in [0.29, 0.717) is 16.7 Å².